The summed E-state index contributed by atoms with van der Waals surface area (Å²) >= 11 is 0. The molecule has 1 aliphatic carbocycles. The standard InChI is InChI=1S/C6H6N4O3/c11-7-3-1-2-4-6(5(3)8-12)10-13-9-4/h11-12H,1-2H2/b7-3-,8-5+. The normalized spacial score (nSPS) is 22.2. The van der Waals surface area contributed by atoms with E-state index in [4.69, 9.17) is 10.4 Å². The van der Waals surface area contributed by atoms with E-state index in [1.54, 1.807) is 0 Å². The minimum atomic E-state index is 0.116. The number of hydrogen-bond donors (Lipinski definition) is 2. The second-order valence-corrected chi connectivity index (χ2v) is 2.55. The van der Waals surface area contributed by atoms with Crippen LogP contribution in [0.5, 0.6) is 0 Å². The maximum atomic E-state index is 8.64. The van der Waals surface area contributed by atoms with Gasteiger partial charge in [-0.05, 0) is 5.16 Å². The van der Waals surface area contributed by atoms with Crippen LogP contribution in [0, 0.1) is 0 Å². The van der Waals surface area contributed by atoms with E-state index < -0.39 is 0 Å². The lowest BCUT2D eigenvalue weighted by Gasteiger charge is -2.08. The molecule has 2 N–H and O–H groups in total. The van der Waals surface area contributed by atoms with E-state index in [1.165, 1.54) is 0 Å². The van der Waals surface area contributed by atoms with Crippen molar-refractivity contribution < 1.29 is 15.0 Å². The van der Waals surface area contributed by atoms with Crippen LogP contribution in [0.15, 0.2) is 14.9 Å². The highest BCUT2D eigenvalue weighted by atomic mass is 16.6. The molecule has 7 nitrogen and oxygen atoms in total. The SMILES string of the molecule is O/N=C1/CCc2nonc2/C1=N/O. The van der Waals surface area contributed by atoms with E-state index in [0.717, 1.165) is 0 Å². The van der Waals surface area contributed by atoms with Crippen molar-refractivity contribution in [3.8, 4) is 0 Å². The molecule has 0 amide bonds. The van der Waals surface area contributed by atoms with Crippen LogP contribution in [-0.4, -0.2) is 32.2 Å². The van der Waals surface area contributed by atoms with Gasteiger partial charge in [0, 0.05) is 12.8 Å². The second kappa shape index (κ2) is 2.85. The first kappa shape index (κ1) is 7.71. The van der Waals surface area contributed by atoms with Crippen LogP contribution < -0.4 is 0 Å². The van der Waals surface area contributed by atoms with Crippen LogP contribution in [0.4, 0.5) is 0 Å². The van der Waals surface area contributed by atoms with E-state index in [0.29, 0.717) is 24.2 Å². The van der Waals surface area contributed by atoms with E-state index >= 15 is 0 Å². The Balaban J connectivity index is 2.53. The van der Waals surface area contributed by atoms with Gasteiger partial charge in [0.25, 0.3) is 0 Å². The molecule has 2 rings (SSSR count). The predicted molar refractivity (Wildman–Crippen MR) is 40.2 cm³/mol. The lowest BCUT2D eigenvalue weighted by Crippen LogP contribution is -2.23. The highest BCUT2D eigenvalue weighted by Gasteiger charge is 2.27. The van der Waals surface area contributed by atoms with Gasteiger partial charge in [-0.15, -0.1) is 0 Å². The average Bonchev–Trinajstić information content (AvgIpc) is 2.63. The summed E-state index contributed by atoms with van der Waals surface area (Å²) in [7, 11) is 0. The van der Waals surface area contributed by atoms with Crippen molar-refractivity contribution in [2.45, 2.75) is 12.8 Å². The van der Waals surface area contributed by atoms with Crippen LogP contribution in [0.3, 0.4) is 0 Å². The highest BCUT2D eigenvalue weighted by molar-refractivity contribution is 6.48. The van der Waals surface area contributed by atoms with E-state index in [-0.39, 0.29) is 11.4 Å². The third-order valence-electron chi connectivity index (χ3n) is 1.87. The Bertz CT molecular complexity index is 381. The molecule has 7 heteroatoms. The van der Waals surface area contributed by atoms with Crippen LogP contribution in [-0.2, 0) is 6.42 Å². The number of fused-ring (bicyclic) bond motifs is 1. The number of hydrogen-bond acceptors (Lipinski definition) is 7. The van der Waals surface area contributed by atoms with E-state index in [2.05, 4.69) is 25.3 Å². The molecule has 0 fully saturated rings. The zero-order chi connectivity index (χ0) is 9.26. The van der Waals surface area contributed by atoms with Gasteiger partial charge in [0.15, 0.2) is 11.4 Å². The minimum absolute atomic E-state index is 0.116. The van der Waals surface area contributed by atoms with Crippen molar-refractivity contribution in [3.05, 3.63) is 11.4 Å². The summed E-state index contributed by atoms with van der Waals surface area (Å²) in [6.45, 7) is 0. The summed E-state index contributed by atoms with van der Waals surface area (Å²) in [6.07, 6.45) is 1.02. The Morgan fingerprint density at radius 1 is 1.15 bits per heavy atom. The molecule has 0 aromatic carbocycles. The average molecular weight is 182 g/mol. The van der Waals surface area contributed by atoms with Gasteiger partial charge in [-0.1, -0.05) is 15.5 Å². The maximum absolute atomic E-state index is 8.64. The zero-order valence-electron chi connectivity index (χ0n) is 6.51. The third-order valence-corrected chi connectivity index (χ3v) is 1.87. The first-order valence-corrected chi connectivity index (χ1v) is 3.62. The number of aromatic nitrogens is 2. The molecule has 1 aromatic rings. The quantitative estimate of drug-likeness (QED) is 0.435. The molecule has 0 spiro atoms. The molecule has 0 radical (unpaired) electrons. The first-order chi connectivity index (χ1) is 6.36. The highest BCUT2D eigenvalue weighted by Crippen LogP contribution is 2.16. The van der Waals surface area contributed by atoms with Crippen molar-refractivity contribution >= 4 is 11.4 Å². The molecule has 1 aromatic heterocycles. The molecule has 0 saturated heterocycles. The number of oxime groups is 2. The summed E-state index contributed by atoms with van der Waals surface area (Å²) < 4.78 is 4.46. The van der Waals surface area contributed by atoms with Crippen molar-refractivity contribution in [2.75, 3.05) is 0 Å². The van der Waals surface area contributed by atoms with Crippen molar-refractivity contribution in [1.82, 2.24) is 10.3 Å². The van der Waals surface area contributed by atoms with E-state index in [1.807, 2.05) is 0 Å². The third kappa shape index (κ3) is 1.05. The largest absolute Gasteiger partial charge is 0.411 e. The Hall–Kier alpha value is -1.92. The molecular formula is C6H6N4O3. The fourth-order valence-electron chi connectivity index (χ4n) is 1.24. The fraction of sp³-hybridized carbons (Fsp3) is 0.333. The molecule has 0 saturated carbocycles. The number of aryl methyl sites for hydroxylation is 1. The number of nitrogens with zero attached hydrogens (tertiary/aromatic N) is 4. The summed E-state index contributed by atoms with van der Waals surface area (Å²) in [6, 6.07) is 0. The summed E-state index contributed by atoms with van der Waals surface area (Å²) in [5.41, 5.74) is 1.34. The molecule has 13 heavy (non-hydrogen) atoms. The Labute approximate surface area is 72.3 Å². The first-order valence-electron chi connectivity index (χ1n) is 3.62. The van der Waals surface area contributed by atoms with Gasteiger partial charge in [-0.3, -0.25) is 0 Å². The van der Waals surface area contributed by atoms with Crippen molar-refractivity contribution in [1.29, 1.82) is 0 Å². The van der Waals surface area contributed by atoms with Crippen LogP contribution in [0.25, 0.3) is 0 Å². The van der Waals surface area contributed by atoms with Gasteiger partial charge < -0.3 is 10.4 Å². The zero-order valence-corrected chi connectivity index (χ0v) is 6.51. The Kier molecular flexibility index (Phi) is 1.69. The molecule has 0 atom stereocenters. The summed E-state index contributed by atoms with van der Waals surface area (Å²) in [4.78, 5) is 0. The van der Waals surface area contributed by atoms with E-state index in [9.17, 15) is 0 Å². The smallest absolute Gasteiger partial charge is 0.162 e. The van der Waals surface area contributed by atoms with Crippen molar-refractivity contribution in [2.24, 2.45) is 10.3 Å². The lowest BCUT2D eigenvalue weighted by atomic mass is 9.97. The van der Waals surface area contributed by atoms with Gasteiger partial charge in [0.05, 0.1) is 0 Å². The number of rotatable bonds is 0. The van der Waals surface area contributed by atoms with Gasteiger partial charge in [-0.25, -0.2) is 4.63 Å². The van der Waals surface area contributed by atoms with Gasteiger partial charge in [0.2, 0.25) is 0 Å². The molecule has 0 unspecified atom stereocenters. The van der Waals surface area contributed by atoms with Crippen LogP contribution >= 0.6 is 0 Å². The molecule has 1 heterocycles. The summed E-state index contributed by atoms with van der Waals surface area (Å²) in [5.74, 6) is 0. The molecule has 68 valence electrons. The fourth-order valence-corrected chi connectivity index (χ4v) is 1.24. The second-order valence-electron chi connectivity index (χ2n) is 2.55. The van der Waals surface area contributed by atoms with Crippen LogP contribution in [0.2, 0.25) is 0 Å². The monoisotopic (exact) mass is 182 g/mol. The van der Waals surface area contributed by atoms with Gasteiger partial charge in [-0.2, -0.15) is 0 Å². The topological polar surface area (TPSA) is 104 Å². The molecule has 1 aliphatic rings. The molecular weight excluding hydrogens is 176 g/mol. The minimum Gasteiger partial charge on any atom is -0.411 e. The Morgan fingerprint density at radius 2 is 2.00 bits per heavy atom. The predicted octanol–water partition coefficient (Wildman–Crippen LogP) is 0.0243. The van der Waals surface area contributed by atoms with Gasteiger partial charge >= 0.3 is 0 Å². The maximum Gasteiger partial charge on any atom is 0.162 e. The lowest BCUT2D eigenvalue weighted by molar-refractivity contribution is 0.301. The van der Waals surface area contributed by atoms with Crippen LogP contribution in [0.1, 0.15) is 17.8 Å². The van der Waals surface area contributed by atoms with Crippen molar-refractivity contribution in [3.63, 3.8) is 0 Å². The summed E-state index contributed by atoms with van der Waals surface area (Å²) in [5, 5.41) is 30.3. The Morgan fingerprint density at radius 3 is 2.69 bits per heavy atom. The molecule has 0 bridgehead atoms. The molecule has 0 aliphatic heterocycles. The van der Waals surface area contributed by atoms with Gasteiger partial charge in [0.1, 0.15) is 11.4 Å².